The first-order valence-electron chi connectivity index (χ1n) is 8.37. The summed E-state index contributed by atoms with van der Waals surface area (Å²) in [5.74, 6) is 0. The molecule has 0 amide bonds. The third-order valence-electron chi connectivity index (χ3n) is 4.88. The Morgan fingerprint density at radius 2 is 1.91 bits per heavy atom. The van der Waals surface area contributed by atoms with E-state index < -0.39 is 0 Å². The van der Waals surface area contributed by atoms with E-state index in [0.717, 1.165) is 37.7 Å². The molecule has 0 aromatic heterocycles. The maximum Gasteiger partial charge on any atom is 0.0607 e. The average Bonchev–Trinajstić information content (AvgIpc) is 2.73. The molecule has 23 heavy (non-hydrogen) atoms. The summed E-state index contributed by atoms with van der Waals surface area (Å²) in [5, 5.41) is 4.35. The van der Waals surface area contributed by atoms with Crippen molar-refractivity contribution >= 4 is 23.0 Å². The highest BCUT2D eigenvalue weighted by Gasteiger charge is 2.29. The third-order valence-corrected chi connectivity index (χ3v) is 5.11. The van der Waals surface area contributed by atoms with Gasteiger partial charge in [-0.05, 0) is 36.2 Å². The van der Waals surface area contributed by atoms with Crippen LogP contribution in [0.15, 0.2) is 48.5 Å². The molecule has 0 saturated carbocycles. The van der Waals surface area contributed by atoms with Crippen LogP contribution in [0, 0.1) is 0 Å². The molecule has 2 aromatic carbocycles. The highest BCUT2D eigenvalue weighted by molar-refractivity contribution is 6.30. The van der Waals surface area contributed by atoms with Crippen molar-refractivity contribution in [2.24, 2.45) is 0 Å². The number of anilines is 2. The van der Waals surface area contributed by atoms with Crippen LogP contribution in [0.25, 0.3) is 0 Å². The maximum absolute atomic E-state index is 6.16. The smallest absolute Gasteiger partial charge is 0.0607 e. The van der Waals surface area contributed by atoms with Crippen molar-refractivity contribution in [2.45, 2.75) is 19.0 Å². The summed E-state index contributed by atoms with van der Waals surface area (Å²) in [6.45, 7) is 5.23. The van der Waals surface area contributed by atoms with Crippen molar-refractivity contribution in [2.75, 3.05) is 36.0 Å². The van der Waals surface area contributed by atoms with Crippen molar-refractivity contribution in [3.8, 4) is 0 Å². The second kappa shape index (κ2) is 6.42. The molecule has 4 heteroatoms. The molecule has 3 nitrogen and oxygen atoms in total. The minimum atomic E-state index is 0.592. The van der Waals surface area contributed by atoms with E-state index in [4.69, 9.17) is 11.6 Å². The molecule has 2 aliphatic rings. The first-order valence-corrected chi connectivity index (χ1v) is 8.75. The maximum atomic E-state index is 6.16. The lowest BCUT2D eigenvalue weighted by Crippen LogP contribution is -2.51. The van der Waals surface area contributed by atoms with Crippen LogP contribution in [-0.2, 0) is 6.54 Å². The van der Waals surface area contributed by atoms with Gasteiger partial charge in [-0.15, -0.1) is 0 Å². The van der Waals surface area contributed by atoms with Gasteiger partial charge in [0.05, 0.1) is 11.4 Å². The SMILES string of the molecule is Clc1cccc(CN2CCC3CNCCN3c3ccccc32)c1. The molecule has 1 N–H and O–H groups in total. The number of para-hydroxylation sites is 2. The highest BCUT2D eigenvalue weighted by atomic mass is 35.5. The second-order valence-electron chi connectivity index (χ2n) is 6.38. The van der Waals surface area contributed by atoms with Gasteiger partial charge in [0.1, 0.15) is 0 Å². The fourth-order valence-corrected chi connectivity index (χ4v) is 3.97. The van der Waals surface area contributed by atoms with E-state index in [1.807, 2.05) is 12.1 Å². The molecule has 1 unspecified atom stereocenters. The van der Waals surface area contributed by atoms with E-state index in [0.29, 0.717) is 6.04 Å². The Bertz CT molecular complexity index is 688. The average molecular weight is 328 g/mol. The Morgan fingerprint density at radius 1 is 1.04 bits per heavy atom. The summed E-state index contributed by atoms with van der Waals surface area (Å²) in [4.78, 5) is 5.09. The molecule has 120 valence electrons. The minimum absolute atomic E-state index is 0.592. The Labute approximate surface area is 142 Å². The number of hydrogen-bond acceptors (Lipinski definition) is 3. The Hall–Kier alpha value is -1.71. The Balaban J connectivity index is 1.67. The molecule has 0 radical (unpaired) electrons. The van der Waals surface area contributed by atoms with Crippen molar-refractivity contribution in [1.82, 2.24) is 5.32 Å². The summed E-state index contributed by atoms with van der Waals surface area (Å²) in [6, 6.07) is 17.6. The van der Waals surface area contributed by atoms with Crippen molar-refractivity contribution in [1.29, 1.82) is 0 Å². The van der Waals surface area contributed by atoms with Gasteiger partial charge in [0.2, 0.25) is 0 Å². The minimum Gasteiger partial charge on any atom is -0.365 e. The van der Waals surface area contributed by atoms with Gasteiger partial charge in [0, 0.05) is 43.8 Å². The topological polar surface area (TPSA) is 18.5 Å². The molecule has 2 heterocycles. The lowest BCUT2D eigenvalue weighted by Gasteiger charge is -2.37. The third kappa shape index (κ3) is 3.04. The van der Waals surface area contributed by atoms with Gasteiger partial charge in [0.25, 0.3) is 0 Å². The molecule has 2 aliphatic heterocycles. The van der Waals surface area contributed by atoms with Crippen LogP contribution >= 0.6 is 11.6 Å². The number of nitrogens with one attached hydrogen (secondary N) is 1. The van der Waals surface area contributed by atoms with E-state index in [-0.39, 0.29) is 0 Å². The van der Waals surface area contributed by atoms with Crippen LogP contribution in [-0.4, -0.2) is 32.2 Å². The number of piperazine rings is 1. The van der Waals surface area contributed by atoms with E-state index in [1.54, 1.807) is 0 Å². The zero-order valence-corrected chi connectivity index (χ0v) is 14.0. The fraction of sp³-hybridized carbons (Fsp3) is 0.368. The zero-order valence-electron chi connectivity index (χ0n) is 13.2. The molecule has 2 aromatic rings. The first-order chi connectivity index (χ1) is 11.3. The lowest BCUT2D eigenvalue weighted by molar-refractivity contribution is 0.461. The number of benzene rings is 2. The highest BCUT2D eigenvalue weighted by Crippen LogP contribution is 2.35. The quantitative estimate of drug-likeness (QED) is 0.910. The van der Waals surface area contributed by atoms with E-state index in [2.05, 4.69) is 51.5 Å². The molecular weight excluding hydrogens is 306 g/mol. The predicted octanol–water partition coefficient (Wildman–Crippen LogP) is 3.53. The van der Waals surface area contributed by atoms with E-state index >= 15 is 0 Å². The summed E-state index contributed by atoms with van der Waals surface area (Å²) in [5.41, 5.74) is 3.99. The number of fused-ring (bicyclic) bond motifs is 3. The number of hydrogen-bond donors (Lipinski definition) is 1. The van der Waals surface area contributed by atoms with Crippen LogP contribution in [0.1, 0.15) is 12.0 Å². The largest absolute Gasteiger partial charge is 0.365 e. The van der Waals surface area contributed by atoms with Gasteiger partial charge < -0.3 is 15.1 Å². The number of rotatable bonds is 2. The van der Waals surface area contributed by atoms with Gasteiger partial charge in [-0.25, -0.2) is 0 Å². The van der Waals surface area contributed by atoms with Gasteiger partial charge in [-0.2, -0.15) is 0 Å². The van der Waals surface area contributed by atoms with Crippen LogP contribution in [0.4, 0.5) is 11.4 Å². The normalized spacial score (nSPS) is 20.7. The predicted molar refractivity (Wildman–Crippen MR) is 97.6 cm³/mol. The number of halogens is 1. The first kappa shape index (κ1) is 14.9. The summed E-state index contributed by atoms with van der Waals surface area (Å²) in [7, 11) is 0. The Morgan fingerprint density at radius 3 is 2.78 bits per heavy atom. The van der Waals surface area contributed by atoms with Crippen LogP contribution in [0.3, 0.4) is 0 Å². The summed E-state index contributed by atoms with van der Waals surface area (Å²) < 4.78 is 0. The molecule has 0 aliphatic carbocycles. The summed E-state index contributed by atoms with van der Waals surface area (Å²) >= 11 is 6.16. The molecule has 0 bridgehead atoms. The second-order valence-corrected chi connectivity index (χ2v) is 6.82. The van der Waals surface area contributed by atoms with Crippen molar-refractivity contribution in [3.05, 3.63) is 59.1 Å². The van der Waals surface area contributed by atoms with Crippen molar-refractivity contribution in [3.63, 3.8) is 0 Å². The molecule has 1 fully saturated rings. The standard InChI is InChI=1S/C19H22ClN3/c20-16-5-3-4-15(12-16)14-22-10-8-17-13-21-9-11-23(17)19-7-2-1-6-18(19)22/h1-7,12,17,21H,8-11,13-14H2. The van der Waals surface area contributed by atoms with Gasteiger partial charge in [-0.1, -0.05) is 35.9 Å². The molecule has 0 spiro atoms. The van der Waals surface area contributed by atoms with Gasteiger partial charge >= 0.3 is 0 Å². The number of nitrogens with zero attached hydrogens (tertiary/aromatic N) is 2. The monoisotopic (exact) mass is 327 g/mol. The summed E-state index contributed by atoms with van der Waals surface area (Å²) in [6.07, 6.45) is 1.18. The molecular formula is C19H22ClN3. The van der Waals surface area contributed by atoms with Crippen LogP contribution in [0.2, 0.25) is 5.02 Å². The lowest BCUT2D eigenvalue weighted by atomic mass is 10.1. The fourth-order valence-electron chi connectivity index (χ4n) is 3.76. The van der Waals surface area contributed by atoms with Crippen LogP contribution in [0.5, 0.6) is 0 Å². The van der Waals surface area contributed by atoms with E-state index in [1.165, 1.54) is 23.4 Å². The van der Waals surface area contributed by atoms with Crippen LogP contribution < -0.4 is 15.1 Å². The van der Waals surface area contributed by atoms with Crippen molar-refractivity contribution < 1.29 is 0 Å². The zero-order chi connectivity index (χ0) is 15.6. The van der Waals surface area contributed by atoms with E-state index in [9.17, 15) is 0 Å². The Kier molecular flexibility index (Phi) is 4.15. The molecule has 4 rings (SSSR count). The van der Waals surface area contributed by atoms with Gasteiger partial charge in [0.15, 0.2) is 0 Å². The molecule has 1 saturated heterocycles. The molecule has 1 atom stereocenters. The van der Waals surface area contributed by atoms with Gasteiger partial charge in [-0.3, -0.25) is 0 Å².